The minimum atomic E-state index is -0.945. The number of esters is 1. The zero-order valence-electron chi connectivity index (χ0n) is 14.5. The third kappa shape index (κ3) is 5.06. The number of carbonyl (C=O) groups excluding carboxylic acids is 2. The molecule has 0 aromatic heterocycles. The van der Waals surface area contributed by atoms with Crippen LogP contribution in [0.15, 0.2) is 42.5 Å². The Hall–Kier alpha value is -3.89. The van der Waals surface area contributed by atoms with Crippen molar-refractivity contribution in [3.05, 3.63) is 79.6 Å². The van der Waals surface area contributed by atoms with Gasteiger partial charge < -0.3 is 10.1 Å². The van der Waals surface area contributed by atoms with Crippen LogP contribution in [0.3, 0.4) is 0 Å². The number of nitrogens with zero attached hydrogens (tertiary/aromatic N) is 2. The number of halogens is 1. The van der Waals surface area contributed by atoms with Gasteiger partial charge in [-0.3, -0.25) is 29.8 Å². The number of amides is 1. The number of ether oxygens (including phenoxy) is 1. The topological polar surface area (TPSA) is 142 Å². The summed E-state index contributed by atoms with van der Waals surface area (Å²) in [5, 5.41) is 24.4. The quantitative estimate of drug-likeness (QED) is 0.434. The van der Waals surface area contributed by atoms with Gasteiger partial charge in [-0.15, -0.1) is 0 Å². The molecule has 0 aliphatic carbocycles. The predicted molar refractivity (Wildman–Crippen MR) is 93.0 cm³/mol. The van der Waals surface area contributed by atoms with E-state index in [1.807, 2.05) is 0 Å². The van der Waals surface area contributed by atoms with Crippen molar-refractivity contribution in [3.63, 3.8) is 0 Å². The molecule has 1 atom stereocenters. The Balaban J connectivity index is 2.37. The minimum absolute atomic E-state index is 0.301. The van der Waals surface area contributed by atoms with E-state index in [1.54, 1.807) is 0 Å². The molecule has 0 saturated carbocycles. The van der Waals surface area contributed by atoms with Crippen LogP contribution >= 0.6 is 0 Å². The maximum atomic E-state index is 13.1. The fourth-order valence-corrected chi connectivity index (χ4v) is 2.38. The molecule has 0 bridgehead atoms. The predicted octanol–water partition coefficient (Wildman–Crippen LogP) is 2.68. The van der Waals surface area contributed by atoms with Gasteiger partial charge in [0.05, 0.1) is 41.0 Å². The number of nitrogens with one attached hydrogen (secondary N) is 1. The summed E-state index contributed by atoms with van der Waals surface area (Å²) in [6.07, 6.45) is -0.301. The Morgan fingerprint density at radius 3 is 2.07 bits per heavy atom. The van der Waals surface area contributed by atoms with E-state index in [1.165, 1.54) is 12.1 Å². The summed E-state index contributed by atoms with van der Waals surface area (Å²) < 4.78 is 17.7. The number of hydrogen-bond acceptors (Lipinski definition) is 7. The first-order chi connectivity index (χ1) is 13.2. The van der Waals surface area contributed by atoms with Gasteiger partial charge in [0.2, 0.25) is 0 Å². The van der Waals surface area contributed by atoms with Gasteiger partial charge in [0.1, 0.15) is 5.82 Å². The van der Waals surface area contributed by atoms with E-state index in [0.29, 0.717) is 5.56 Å². The molecule has 1 N–H and O–H groups in total. The first-order valence-corrected chi connectivity index (χ1v) is 7.78. The van der Waals surface area contributed by atoms with Gasteiger partial charge in [-0.1, -0.05) is 12.1 Å². The summed E-state index contributed by atoms with van der Waals surface area (Å²) >= 11 is 0. The van der Waals surface area contributed by atoms with Crippen LogP contribution in [-0.4, -0.2) is 28.8 Å². The van der Waals surface area contributed by atoms with Gasteiger partial charge in [0.15, 0.2) is 0 Å². The normalized spacial score (nSPS) is 11.4. The molecule has 1 amide bonds. The van der Waals surface area contributed by atoms with Gasteiger partial charge in [0, 0.05) is 12.1 Å². The lowest BCUT2D eigenvalue weighted by atomic mass is 10.0. The molecule has 2 aromatic rings. The summed E-state index contributed by atoms with van der Waals surface area (Å²) in [7, 11) is 1.15. The Morgan fingerprint density at radius 1 is 1.07 bits per heavy atom. The van der Waals surface area contributed by atoms with Crippen molar-refractivity contribution in [1.29, 1.82) is 0 Å². The number of nitro groups is 2. The van der Waals surface area contributed by atoms with Crippen LogP contribution < -0.4 is 5.32 Å². The third-order valence-electron chi connectivity index (χ3n) is 3.76. The monoisotopic (exact) mass is 391 g/mol. The third-order valence-corrected chi connectivity index (χ3v) is 3.76. The molecule has 0 spiro atoms. The number of methoxy groups -OCH3 is 1. The van der Waals surface area contributed by atoms with Crippen LogP contribution in [0.2, 0.25) is 0 Å². The number of non-ortho nitro benzene ring substituents is 2. The fraction of sp³-hybridized carbons (Fsp3) is 0.176. The van der Waals surface area contributed by atoms with Crippen molar-refractivity contribution in [1.82, 2.24) is 5.32 Å². The van der Waals surface area contributed by atoms with Crippen molar-refractivity contribution in [2.24, 2.45) is 0 Å². The summed E-state index contributed by atoms with van der Waals surface area (Å²) in [6.45, 7) is 0. The first-order valence-electron chi connectivity index (χ1n) is 7.78. The molecule has 2 aromatic carbocycles. The van der Waals surface area contributed by atoms with Gasteiger partial charge >= 0.3 is 5.97 Å². The Bertz CT molecular complexity index is 899. The Labute approximate surface area is 157 Å². The molecule has 28 heavy (non-hydrogen) atoms. The van der Waals surface area contributed by atoms with E-state index in [4.69, 9.17) is 0 Å². The highest BCUT2D eigenvalue weighted by molar-refractivity contribution is 5.96. The summed E-state index contributed by atoms with van der Waals surface area (Å²) in [4.78, 5) is 44.4. The molecule has 1 unspecified atom stereocenters. The van der Waals surface area contributed by atoms with Crippen molar-refractivity contribution < 1.29 is 28.6 Å². The minimum Gasteiger partial charge on any atom is -0.469 e. The maximum Gasteiger partial charge on any atom is 0.307 e. The van der Waals surface area contributed by atoms with E-state index in [2.05, 4.69) is 10.1 Å². The smallest absolute Gasteiger partial charge is 0.307 e. The Kier molecular flexibility index (Phi) is 6.32. The average Bonchev–Trinajstić information content (AvgIpc) is 2.67. The highest BCUT2D eigenvalue weighted by atomic mass is 19.1. The second-order valence-electron chi connectivity index (χ2n) is 5.61. The summed E-state index contributed by atoms with van der Waals surface area (Å²) in [5.41, 5.74) is -1.23. The average molecular weight is 391 g/mol. The van der Waals surface area contributed by atoms with Crippen molar-refractivity contribution >= 4 is 23.3 Å². The molecule has 146 valence electrons. The van der Waals surface area contributed by atoms with E-state index >= 15 is 0 Å². The molecular formula is C17H14FN3O7. The van der Waals surface area contributed by atoms with Crippen molar-refractivity contribution in [2.75, 3.05) is 7.11 Å². The molecule has 0 saturated heterocycles. The highest BCUT2D eigenvalue weighted by Gasteiger charge is 2.24. The van der Waals surface area contributed by atoms with Crippen molar-refractivity contribution in [2.45, 2.75) is 12.5 Å². The van der Waals surface area contributed by atoms with Gasteiger partial charge in [-0.25, -0.2) is 4.39 Å². The number of rotatable bonds is 7. The number of benzene rings is 2. The van der Waals surface area contributed by atoms with Crippen LogP contribution in [0, 0.1) is 26.0 Å². The number of nitro benzene ring substituents is 2. The van der Waals surface area contributed by atoms with E-state index in [-0.39, 0.29) is 12.0 Å². The molecule has 10 nitrogen and oxygen atoms in total. The van der Waals surface area contributed by atoms with Gasteiger partial charge in [-0.05, 0) is 17.7 Å². The van der Waals surface area contributed by atoms with Crippen LogP contribution in [0.1, 0.15) is 28.4 Å². The molecule has 11 heteroatoms. The lowest BCUT2D eigenvalue weighted by molar-refractivity contribution is -0.394. The summed E-state index contributed by atoms with van der Waals surface area (Å²) in [5.74, 6) is -2.08. The Morgan fingerprint density at radius 2 is 1.61 bits per heavy atom. The lowest BCUT2D eigenvalue weighted by Crippen LogP contribution is -2.30. The molecule has 0 fully saturated rings. The standard InChI is InChI=1S/C17H14FN3O7/c1-28-16(22)9-15(10-2-4-12(18)5-3-10)19-17(23)11-6-13(20(24)25)8-14(7-11)21(26)27/h2-8,15H,9H2,1H3,(H,19,23). The fourth-order valence-electron chi connectivity index (χ4n) is 2.38. The number of carbonyl (C=O) groups is 2. The number of hydrogen-bond donors (Lipinski definition) is 1. The van der Waals surface area contributed by atoms with Gasteiger partial charge in [-0.2, -0.15) is 0 Å². The zero-order chi connectivity index (χ0) is 20.8. The summed E-state index contributed by atoms with van der Waals surface area (Å²) in [6, 6.07) is 6.48. The molecule has 0 radical (unpaired) electrons. The molecule has 0 aliphatic rings. The van der Waals surface area contributed by atoms with Crippen LogP contribution in [-0.2, 0) is 9.53 Å². The van der Waals surface area contributed by atoms with E-state index in [9.17, 15) is 34.2 Å². The molecular weight excluding hydrogens is 377 g/mol. The van der Waals surface area contributed by atoms with Crippen LogP contribution in [0.4, 0.5) is 15.8 Å². The lowest BCUT2D eigenvalue weighted by Gasteiger charge is -2.18. The van der Waals surface area contributed by atoms with Crippen LogP contribution in [0.5, 0.6) is 0 Å². The van der Waals surface area contributed by atoms with E-state index in [0.717, 1.165) is 37.4 Å². The first kappa shape index (κ1) is 20.4. The zero-order valence-corrected chi connectivity index (χ0v) is 14.5. The SMILES string of the molecule is COC(=O)CC(NC(=O)c1cc([N+](=O)[O-])cc([N+](=O)[O-])c1)c1ccc(F)cc1. The largest absolute Gasteiger partial charge is 0.469 e. The van der Waals surface area contributed by atoms with Crippen LogP contribution in [0.25, 0.3) is 0 Å². The second-order valence-corrected chi connectivity index (χ2v) is 5.61. The van der Waals surface area contributed by atoms with Crippen molar-refractivity contribution in [3.8, 4) is 0 Å². The molecule has 0 aliphatic heterocycles. The second kappa shape index (κ2) is 8.66. The van der Waals surface area contributed by atoms with E-state index < -0.39 is 45.0 Å². The molecule has 2 rings (SSSR count). The van der Waals surface area contributed by atoms with Gasteiger partial charge in [0.25, 0.3) is 17.3 Å². The highest BCUT2D eigenvalue weighted by Crippen LogP contribution is 2.24. The molecule has 0 heterocycles. The maximum absolute atomic E-state index is 13.1.